The molecule has 12 heterocycles. The van der Waals surface area contributed by atoms with Gasteiger partial charge in [-0.3, -0.25) is 19.2 Å². The van der Waals surface area contributed by atoms with Gasteiger partial charge in [0.25, 0.3) is 0 Å². The Labute approximate surface area is 814 Å². The summed E-state index contributed by atoms with van der Waals surface area (Å²) in [5.74, 6) is -4.12. The molecule has 12 fully saturated rings. The van der Waals surface area contributed by atoms with Crippen LogP contribution in [0.3, 0.4) is 0 Å². The maximum atomic E-state index is 13.6. The van der Waals surface area contributed by atoms with Crippen molar-refractivity contribution in [3.63, 3.8) is 0 Å². The van der Waals surface area contributed by atoms with E-state index >= 15 is 0 Å². The molecule has 37 N–H and O–H groups in total. The summed E-state index contributed by atoms with van der Waals surface area (Å²) in [6.45, 7) is -8.23. The number of aliphatic hydroxyl groups excluding tert-OH is 33. The smallest absolute Gasteiger partial charge is 0.217 e. The van der Waals surface area contributed by atoms with Crippen molar-refractivity contribution in [1.29, 1.82) is 0 Å². The molecule has 144 heavy (non-hydrogen) atoms. The van der Waals surface area contributed by atoms with Crippen LogP contribution in [0.25, 0.3) is 0 Å². The molecule has 0 radical (unpaired) electrons. The number of carbonyl (C=O) groups excluding carboxylic acids is 4. The highest BCUT2D eigenvalue weighted by Crippen LogP contribution is 2.43. The van der Waals surface area contributed by atoms with Gasteiger partial charge in [-0.2, -0.15) is 0 Å². The maximum Gasteiger partial charge on any atom is 0.217 e. The molecule has 12 saturated heterocycles. The molecule has 0 bridgehead atoms. The van der Waals surface area contributed by atoms with Crippen molar-refractivity contribution in [2.45, 2.75) is 403 Å². The van der Waals surface area contributed by atoms with Crippen LogP contribution in [0.5, 0.6) is 0 Å². The third kappa shape index (κ3) is 26.0. The minimum Gasteiger partial charge on any atom is -0.394 e. The minimum atomic E-state index is -2.88. The molecule has 0 aliphatic carbocycles. The number of amides is 4. The van der Waals surface area contributed by atoms with Crippen molar-refractivity contribution in [1.82, 2.24) is 21.3 Å². The SMILES string of the molecule is CC(=O)N[C@H]1[C@H](O[C@H]2[C@H](O)[C@@H](NC(C)=O)C(O)O[C@@H]2CO[C@@H]2O[C@@H](C)[C@@H](O)[C@@H](O)[C@@H]2O)O[C@H](CO)[C@@H](O[C@@H]2O[C@H](CO[C@H]3O[C@H](CO[C@H]4O[C@H](CO)[C@@H](O)[C@H](O)[C@@H]4O)[C@@H](O)[C@H](O[C@H]4O[C@H](CO)[C@@H](O)[C@H](O)[C@@H]4O)[C@@H]3O)[C@@H](O[C@@H]3O[C@H](CO)[C@@H](O)[C@H](O)[C@H]3NC(C)=O)[C@H](O[C@H]3O[C@H](CO)[C@@H](O)[C@H](O)[C@@H]3O[C@@H]3O[C@H](CO)[C@@H](O[C@@H]4O[C@H](CO)[C@H](O)[C@H](O[C@H]5O[C@H](CO)[C@H](O)[C@H](O)[C@H]5O)[C@H]4O)[C@H](O)[C@H]3NC(C)=O)[C@@H]2O)[C@@H]1O. The summed E-state index contributed by atoms with van der Waals surface area (Å²) in [6.07, 6.45) is -123. The van der Waals surface area contributed by atoms with E-state index in [1.54, 1.807) is 0 Å². The second-order valence-corrected chi connectivity index (χ2v) is 36.6. The summed E-state index contributed by atoms with van der Waals surface area (Å²) in [5, 5.41) is 382. The minimum absolute atomic E-state index is 0.850. The van der Waals surface area contributed by atoms with Crippen LogP contribution in [0.1, 0.15) is 34.6 Å². The molecule has 1 unspecified atom stereocenters. The van der Waals surface area contributed by atoms with Gasteiger partial charge < -0.3 is 299 Å². The largest absolute Gasteiger partial charge is 0.394 e. The average molecular weight is 2110 g/mol. The predicted molar refractivity (Wildman–Crippen MR) is 440 cm³/mol. The Kier molecular flexibility index (Phi) is 42.4. The number of rotatable bonds is 37. The second-order valence-electron chi connectivity index (χ2n) is 36.6. The molecule has 64 heteroatoms. The Morgan fingerprint density at radius 2 is 0.438 bits per heavy atom. The van der Waals surface area contributed by atoms with Crippen LogP contribution in [-0.2, 0) is 128 Å². The third-order valence-corrected chi connectivity index (χ3v) is 26.6. The monoisotopic (exact) mass is 2110 g/mol. The Morgan fingerprint density at radius 1 is 0.194 bits per heavy atom. The second kappa shape index (κ2) is 51.6. The summed E-state index contributed by atoms with van der Waals surface area (Å²) in [4.78, 5) is 53.0. The first kappa shape index (κ1) is 118. The van der Waals surface area contributed by atoms with Crippen LogP contribution >= 0.6 is 0 Å². The first-order valence-electron chi connectivity index (χ1n) is 46.0. The Balaban J connectivity index is 0.947. The van der Waals surface area contributed by atoms with Crippen molar-refractivity contribution in [3.05, 3.63) is 0 Å². The highest BCUT2D eigenvalue weighted by molar-refractivity contribution is 5.74. The Bertz CT molecular complexity index is 3980. The fourth-order valence-electron chi connectivity index (χ4n) is 18.7. The zero-order valence-corrected chi connectivity index (χ0v) is 77.2. The Morgan fingerprint density at radius 3 is 0.861 bits per heavy atom. The summed E-state index contributed by atoms with van der Waals surface area (Å²) >= 11 is 0. The zero-order chi connectivity index (χ0) is 106. The number of hydrogen-bond acceptors (Lipinski definition) is 60. The normalized spacial score (nSPS) is 50.4. The first-order valence-corrected chi connectivity index (χ1v) is 46.0. The van der Waals surface area contributed by atoms with Gasteiger partial charge in [-0.25, -0.2) is 0 Å². The highest BCUT2D eigenvalue weighted by Gasteiger charge is 2.64. The van der Waals surface area contributed by atoms with Crippen LogP contribution in [-0.4, -0.2) is 633 Å². The third-order valence-electron chi connectivity index (χ3n) is 26.6. The molecule has 12 rings (SSSR count). The lowest BCUT2D eigenvalue weighted by Crippen LogP contribution is -2.71. The van der Waals surface area contributed by atoms with Crippen molar-refractivity contribution in [3.8, 4) is 0 Å². The molecule has 0 spiro atoms. The van der Waals surface area contributed by atoms with Crippen LogP contribution in [0.4, 0.5) is 0 Å². The quantitative estimate of drug-likeness (QED) is 0.0275. The molecule has 60 atom stereocenters. The molecule has 0 aromatic rings. The van der Waals surface area contributed by atoms with E-state index in [1.165, 1.54) is 6.92 Å². The van der Waals surface area contributed by atoms with Gasteiger partial charge in [0.15, 0.2) is 75.5 Å². The van der Waals surface area contributed by atoms with Crippen LogP contribution < -0.4 is 21.3 Å². The van der Waals surface area contributed by atoms with E-state index in [1.807, 2.05) is 0 Å². The van der Waals surface area contributed by atoms with E-state index in [-0.39, 0.29) is 0 Å². The average Bonchev–Trinajstić information content (AvgIpc) is 0.751. The van der Waals surface area contributed by atoms with E-state index in [0.717, 1.165) is 27.7 Å². The van der Waals surface area contributed by atoms with Crippen molar-refractivity contribution < 1.29 is 297 Å². The molecular weight excluding hydrogens is 1980 g/mol. The van der Waals surface area contributed by atoms with Gasteiger partial charge in [-0.1, -0.05) is 0 Å². The molecule has 12 aliphatic rings. The van der Waals surface area contributed by atoms with Gasteiger partial charge >= 0.3 is 0 Å². The molecule has 0 aromatic heterocycles. The molecule has 0 saturated carbocycles. The van der Waals surface area contributed by atoms with Crippen molar-refractivity contribution >= 4 is 23.6 Å². The number of aliphatic hydroxyl groups is 33. The molecule has 4 amide bonds. The highest BCUT2D eigenvalue weighted by atomic mass is 16.8. The maximum absolute atomic E-state index is 13.6. The van der Waals surface area contributed by atoms with Gasteiger partial charge in [0.2, 0.25) is 23.6 Å². The molecule has 0 aromatic carbocycles. The fourth-order valence-corrected chi connectivity index (χ4v) is 18.7. The Hall–Kier alpha value is -4.36. The summed E-state index contributed by atoms with van der Waals surface area (Å²) in [7, 11) is 0. The number of carbonyl (C=O) groups is 4. The first-order chi connectivity index (χ1) is 68.1. The van der Waals surface area contributed by atoms with E-state index < -0.39 is 465 Å². The van der Waals surface area contributed by atoms with Gasteiger partial charge in [0.05, 0.1) is 78.8 Å². The molecule has 12 aliphatic heterocycles. The topological polar surface area (TPSA) is 996 Å². The lowest BCUT2D eigenvalue weighted by molar-refractivity contribution is -0.409. The van der Waals surface area contributed by atoms with E-state index in [4.69, 9.17) is 109 Å². The van der Waals surface area contributed by atoms with Crippen LogP contribution in [0.2, 0.25) is 0 Å². The fraction of sp³-hybridized carbons (Fsp3) is 0.950. The lowest BCUT2D eigenvalue weighted by Gasteiger charge is -2.52. The standard InChI is InChI=1S/C80H134N4O60/c1-17-37(97)49(109)54(114)73(125-17)123-15-31-63(46(106)33(69(121)126-31)81-18(2)93)137-71-35(83-20(4)95)47(107)62(28(12-91)133-71)139-79-60(120)67(143-80-68(53(113)42(102)26(10-89)132-80)144-72-36(84-21(5)96)48(108)61(29(13-92)134-72)138-78-59(119)65(43(103)27(11-90)131-78)141-76-56(116)51(111)40(100)24(8-87)129-76)64(140-70-34(82-19(3)94)45(105)38(98)22(6-85)127-70)32(136-79)16-124-75-58(118)66(142-77-57(117)52(112)41(101)25(9-88)130-77)44(104)30(135-75)14-122-74-55(115)50(110)39(99)23(7-86)128-74/h17,22-80,85-92,97-121H,6-16H2,1-5H3,(H,81,93)(H,82,94)(H,83,95)(H,84,96)/t17-,22+,23+,24+,25+,26+,27+,28+,29+,30+,31+,32+,33+,34+,35+,36+,37+,38+,39+,40-,41+,42+,43-,44+,45+,46+,47+,48+,49+,50-,51-,52-,53-,54-,55-,56+,57-,58-,59+,60-,61+,62+,63+,64+,65-,66-,67+,68-,69?,70-,71-,72-,73+,74-,75-,76+,77+,78-,79-,80+/m0/s1. The molecular formula is C80H134N4O60. The van der Waals surface area contributed by atoms with E-state index in [0.29, 0.717) is 0 Å². The molecule has 834 valence electrons. The lowest BCUT2D eigenvalue weighted by atomic mass is 9.93. The van der Waals surface area contributed by atoms with Crippen molar-refractivity contribution in [2.75, 3.05) is 72.7 Å². The summed E-state index contributed by atoms with van der Waals surface area (Å²) in [5.41, 5.74) is 0. The van der Waals surface area contributed by atoms with Gasteiger partial charge in [0.1, 0.15) is 287 Å². The van der Waals surface area contributed by atoms with Gasteiger partial charge in [-0.15, -0.1) is 0 Å². The van der Waals surface area contributed by atoms with Crippen LogP contribution in [0.15, 0.2) is 0 Å². The number of ether oxygens (including phenoxy) is 23. The summed E-state index contributed by atoms with van der Waals surface area (Å²) < 4.78 is 139. The van der Waals surface area contributed by atoms with Crippen molar-refractivity contribution in [2.24, 2.45) is 0 Å². The summed E-state index contributed by atoms with van der Waals surface area (Å²) in [6, 6.07) is -8.30. The van der Waals surface area contributed by atoms with E-state index in [2.05, 4.69) is 21.3 Å². The number of nitrogens with one attached hydrogen (secondary N) is 4. The van der Waals surface area contributed by atoms with E-state index in [9.17, 15) is 188 Å². The zero-order valence-electron chi connectivity index (χ0n) is 77.2. The van der Waals surface area contributed by atoms with Gasteiger partial charge in [0, 0.05) is 27.7 Å². The molecule has 64 nitrogen and oxygen atoms in total. The van der Waals surface area contributed by atoms with Gasteiger partial charge in [-0.05, 0) is 6.92 Å². The van der Waals surface area contributed by atoms with Crippen LogP contribution in [0, 0.1) is 0 Å². The number of hydrogen-bond donors (Lipinski definition) is 37. The predicted octanol–water partition coefficient (Wildman–Crippen LogP) is -25.6.